The maximum Gasteiger partial charge on any atom is 0.316 e. The van der Waals surface area contributed by atoms with Gasteiger partial charge >= 0.3 is 5.97 Å². The molecule has 3 rings (SSSR count). The second-order valence-corrected chi connectivity index (χ2v) is 6.48. The molecule has 0 bridgehead atoms. The van der Waals surface area contributed by atoms with E-state index in [0.29, 0.717) is 28.8 Å². The first kappa shape index (κ1) is 18.3. The normalized spacial score (nSPS) is 16.6. The minimum atomic E-state index is -0.544. The molecule has 2 aromatic carbocycles. The van der Waals surface area contributed by atoms with Crippen molar-refractivity contribution in [3.63, 3.8) is 0 Å². The first-order chi connectivity index (χ1) is 12.6. The number of hydrogen-bond donors (Lipinski definition) is 0. The highest BCUT2D eigenvalue weighted by Crippen LogP contribution is 2.33. The van der Waals surface area contributed by atoms with Crippen LogP contribution in [0.1, 0.15) is 19.8 Å². The van der Waals surface area contributed by atoms with Gasteiger partial charge in [-0.3, -0.25) is 9.59 Å². The van der Waals surface area contributed by atoms with E-state index in [9.17, 15) is 9.59 Å². The third-order valence-electron chi connectivity index (χ3n) is 4.12. The Kier molecular flexibility index (Phi) is 5.78. The van der Waals surface area contributed by atoms with Gasteiger partial charge in [0.15, 0.2) is 11.5 Å². The number of halogens is 1. The van der Waals surface area contributed by atoms with E-state index in [1.165, 1.54) is 4.90 Å². The molecular weight excluding hydrogens is 354 g/mol. The van der Waals surface area contributed by atoms with E-state index in [0.717, 1.165) is 6.42 Å². The summed E-state index contributed by atoms with van der Waals surface area (Å²) in [5.74, 6) is -0.237. The predicted molar refractivity (Wildman–Crippen MR) is 99.8 cm³/mol. The summed E-state index contributed by atoms with van der Waals surface area (Å²) in [6.07, 6.45) is 0.953. The van der Waals surface area contributed by atoms with Crippen molar-refractivity contribution in [1.82, 2.24) is 0 Å². The lowest BCUT2D eigenvalue weighted by molar-refractivity contribution is -0.139. The van der Waals surface area contributed by atoms with Crippen LogP contribution in [0.15, 0.2) is 48.5 Å². The molecule has 1 fully saturated rings. The number of anilines is 1. The summed E-state index contributed by atoms with van der Waals surface area (Å²) >= 11 is 6.17. The highest BCUT2D eigenvalue weighted by Gasteiger charge is 2.37. The second-order valence-electron chi connectivity index (χ2n) is 6.07. The molecule has 1 saturated heterocycles. The van der Waals surface area contributed by atoms with Crippen molar-refractivity contribution in [3.05, 3.63) is 53.6 Å². The van der Waals surface area contributed by atoms with Gasteiger partial charge in [-0.2, -0.15) is 0 Å². The van der Waals surface area contributed by atoms with Crippen molar-refractivity contribution in [3.8, 4) is 11.5 Å². The Morgan fingerprint density at radius 2 is 1.85 bits per heavy atom. The Morgan fingerprint density at radius 1 is 1.15 bits per heavy atom. The van der Waals surface area contributed by atoms with Crippen LogP contribution in [0.25, 0.3) is 0 Å². The fourth-order valence-corrected chi connectivity index (χ4v) is 3.06. The van der Waals surface area contributed by atoms with Crippen molar-refractivity contribution < 1.29 is 19.1 Å². The number of amides is 1. The lowest BCUT2D eigenvalue weighted by atomic mass is 10.1. The van der Waals surface area contributed by atoms with Gasteiger partial charge in [0.2, 0.25) is 5.91 Å². The Hall–Kier alpha value is -2.53. The number of para-hydroxylation sites is 3. The first-order valence-corrected chi connectivity index (χ1v) is 8.96. The zero-order valence-corrected chi connectivity index (χ0v) is 15.2. The zero-order chi connectivity index (χ0) is 18.5. The minimum Gasteiger partial charge on any atom is -0.490 e. The van der Waals surface area contributed by atoms with Crippen LogP contribution >= 0.6 is 11.6 Å². The average molecular weight is 374 g/mol. The van der Waals surface area contributed by atoms with E-state index in [4.69, 9.17) is 21.1 Å². The Bertz CT molecular complexity index is 808. The van der Waals surface area contributed by atoms with Gasteiger partial charge in [0, 0.05) is 13.0 Å². The maximum atomic E-state index is 12.6. The average Bonchev–Trinajstić information content (AvgIpc) is 3.03. The fourth-order valence-electron chi connectivity index (χ4n) is 2.83. The largest absolute Gasteiger partial charge is 0.490 e. The van der Waals surface area contributed by atoms with E-state index in [2.05, 4.69) is 0 Å². The molecule has 5 nitrogen and oxygen atoms in total. The van der Waals surface area contributed by atoms with E-state index >= 15 is 0 Å². The number of carbonyl (C=O) groups is 2. The molecule has 1 aliphatic rings. The van der Waals surface area contributed by atoms with Crippen LogP contribution in [0.3, 0.4) is 0 Å². The molecule has 1 amide bonds. The number of rotatable bonds is 6. The lowest BCUT2D eigenvalue weighted by Gasteiger charge is -2.18. The molecule has 136 valence electrons. The Balaban J connectivity index is 1.70. The summed E-state index contributed by atoms with van der Waals surface area (Å²) in [6, 6.07) is 14.1. The van der Waals surface area contributed by atoms with Crippen LogP contribution in [-0.2, 0) is 9.59 Å². The molecule has 0 N–H and O–H groups in total. The molecule has 0 aromatic heterocycles. The van der Waals surface area contributed by atoms with Crippen molar-refractivity contribution in [2.75, 3.05) is 18.1 Å². The second kappa shape index (κ2) is 8.23. The fraction of sp³-hybridized carbons (Fsp3) is 0.300. The smallest absolute Gasteiger partial charge is 0.316 e. The van der Waals surface area contributed by atoms with E-state index in [1.807, 2.05) is 19.1 Å². The van der Waals surface area contributed by atoms with Gasteiger partial charge in [0.05, 0.1) is 23.2 Å². The quantitative estimate of drug-likeness (QED) is 0.565. The van der Waals surface area contributed by atoms with Gasteiger partial charge in [-0.05, 0) is 30.7 Å². The molecule has 0 spiro atoms. The number of carbonyl (C=O) groups excluding carboxylic acids is 2. The van der Waals surface area contributed by atoms with Gasteiger partial charge in [0.1, 0.15) is 0 Å². The van der Waals surface area contributed by atoms with E-state index in [1.54, 1.807) is 36.4 Å². The van der Waals surface area contributed by atoms with Gasteiger partial charge in [-0.1, -0.05) is 42.8 Å². The maximum absolute atomic E-state index is 12.6. The zero-order valence-electron chi connectivity index (χ0n) is 14.5. The SMILES string of the molecule is CCCOc1ccccc1OC(=O)C1CC(=O)N(c2ccccc2Cl)C1. The molecule has 26 heavy (non-hydrogen) atoms. The van der Waals surface area contributed by atoms with Crippen molar-refractivity contribution >= 4 is 29.2 Å². The summed E-state index contributed by atoms with van der Waals surface area (Å²) < 4.78 is 11.1. The molecule has 0 radical (unpaired) electrons. The van der Waals surface area contributed by atoms with Crippen LogP contribution < -0.4 is 14.4 Å². The van der Waals surface area contributed by atoms with Gasteiger partial charge in [-0.25, -0.2) is 0 Å². The van der Waals surface area contributed by atoms with Crippen LogP contribution in [0.5, 0.6) is 11.5 Å². The summed E-state index contributed by atoms with van der Waals surface area (Å²) in [7, 11) is 0. The molecule has 1 atom stereocenters. The molecule has 1 unspecified atom stereocenters. The molecule has 1 heterocycles. The predicted octanol–water partition coefficient (Wildman–Crippen LogP) is 4.09. The van der Waals surface area contributed by atoms with Gasteiger partial charge in [-0.15, -0.1) is 0 Å². The summed E-state index contributed by atoms with van der Waals surface area (Å²) in [6.45, 7) is 2.79. The summed E-state index contributed by atoms with van der Waals surface area (Å²) in [5, 5.41) is 0.480. The monoisotopic (exact) mass is 373 g/mol. The van der Waals surface area contributed by atoms with Crippen molar-refractivity contribution in [1.29, 1.82) is 0 Å². The van der Waals surface area contributed by atoms with E-state index in [-0.39, 0.29) is 18.9 Å². The number of ether oxygens (including phenoxy) is 2. The molecule has 6 heteroatoms. The highest BCUT2D eigenvalue weighted by molar-refractivity contribution is 6.33. The Labute approximate surface area is 157 Å². The van der Waals surface area contributed by atoms with Gasteiger partial charge in [0.25, 0.3) is 0 Å². The number of nitrogens with zero attached hydrogens (tertiary/aromatic N) is 1. The van der Waals surface area contributed by atoms with Crippen LogP contribution in [0, 0.1) is 5.92 Å². The molecule has 0 aliphatic carbocycles. The highest BCUT2D eigenvalue weighted by atomic mass is 35.5. The van der Waals surface area contributed by atoms with Crippen molar-refractivity contribution in [2.45, 2.75) is 19.8 Å². The van der Waals surface area contributed by atoms with Gasteiger partial charge < -0.3 is 14.4 Å². The van der Waals surface area contributed by atoms with Crippen molar-refractivity contribution in [2.24, 2.45) is 5.92 Å². The molecule has 2 aromatic rings. The van der Waals surface area contributed by atoms with Crippen LogP contribution in [0.4, 0.5) is 5.69 Å². The number of hydrogen-bond acceptors (Lipinski definition) is 4. The molecule has 0 saturated carbocycles. The molecular formula is C20H20ClNO4. The van der Waals surface area contributed by atoms with Crippen LogP contribution in [0.2, 0.25) is 5.02 Å². The number of esters is 1. The third kappa shape index (κ3) is 3.99. The molecule has 1 aliphatic heterocycles. The lowest BCUT2D eigenvalue weighted by Crippen LogP contribution is -2.27. The standard InChI is InChI=1S/C20H20ClNO4/c1-2-11-25-17-9-5-6-10-18(17)26-20(24)14-12-19(23)22(13-14)16-8-4-3-7-15(16)21/h3-10,14H,2,11-13H2,1H3. The summed E-state index contributed by atoms with van der Waals surface area (Å²) in [4.78, 5) is 26.4. The third-order valence-corrected chi connectivity index (χ3v) is 4.44. The minimum absolute atomic E-state index is 0.0992. The topological polar surface area (TPSA) is 55.8 Å². The number of benzene rings is 2. The van der Waals surface area contributed by atoms with E-state index < -0.39 is 11.9 Å². The van der Waals surface area contributed by atoms with Crippen LogP contribution in [-0.4, -0.2) is 25.0 Å². The summed E-state index contributed by atoms with van der Waals surface area (Å²) in [5.41, 5.74) is 0.612. The Morgan fingerprint density at radius 3 is 2.58 bits per heavy atom. The first-order valence-electron chi connectivity index (χ1n) is 8.58.